The summed E-state index contributed by atoms with van der Waals surface area (Å²) in [5, 5.41) is 9.43. The van der Waals surface area contributed by atoms with Crippen molar-refractivity contribution in [3.63, 3.8) is 0 Å². The quantitative estimate of drug-likeness (QED) is 0.456. The largest absolute Gasteiger partial charge is 0.463 e. The molecule has 5 aromatic rings. The normalized spacial score (nSPS) is 12.0. The molecule has 162 valence electrons. The number of hydrogen-bond donors (Lipinski definition) is 1. The van der Waals surface area contributed by atoms with Gasteiger partial charge in [-0.15, -0.1) is 5.10 Å². The highest BCUT2D eigenvalue weighted by molar-refractivity contribution is 5.92. The van der Waals surface area contributed by atoms with Crippen LogP contribution in [-0.2, 0) is 11.3 Å². The maximum absolute atomic E-state index is 12.6. The molecule has 0 saturated carbocycles. The van der Waals surface area contributed by atoms with E-state index in [-0.39, 0.29) is 5.95 Å². The second-order valence-corrected chi connectivity index (χ2v) is 8.34. The lowest BCUT2D eigenvalue weighted by molar-refractivity contribution is 0.0544. The first kappa shape index (κ1) is 19.7. The van der Waals surface area contributed by atoms with E-state index in [0.29, 0.717) is 29.2 Å². The third-order valence-electron chi connectivity index (χ3n) is 4.87. The highest BCUT2D eigenvalue weighted by atomic mass is 16.6. The summed E-state index contributed by atoms with van der Waals surface area (Å²) in [6.45, 7) is 5.88. The fraction of sp³-hybridized carbons (Fsp3) is 0.227. The van der Waals surface area contributed by atoms with Gasteiger partial charge in [0.1, 0.15) is 11.3 Å². The van der Waals surface area contributed by atoms with Crippen LogP contribution in [0.25, 0.3) is 33.5 Å². The number of fused-ring (bicyclic) bond motifs is 2. The second-order valence-electron chi connectivity index (χ2n) is 8.34. The van der Waals surface area contributed by atoms with E-state index in [9.17, 15) is 4.79 Å². The van der Waals surface area contributed by atoms with Crippen LogP contribution in [0.3, 0.4) is 0 Å². The van der Waals surface area contributed by atoms with Crippen molar-refractivity contribution in [2.24, 2.45) is 0 Å². The Labute approximate surface area is 182 Å². The van der Waals surface area contributed by atoms with E-state index in [1.54, 1.807) is 29.3 Å². The third-order valence-corrected chi connectivity index (χ3v) is 4.87. The van der Waals surface area contributed by atoms with Crippen LogP contribution in [0.1, 0.15) is 26.3 Å². The average molecular weight is 431 g/mol. The van der Waals surface area contributed by atoms with Crippen LogP contribution in [0.5, 0.6) is 0 Å². The highest BCUT2D eigenvalue weighted by Crippen LogP contribution is 2.27. The van der Waals surface area contributed by atoms with Crippen molar-refractivity contribution in [3.05, 3.63) is 54.4 Å². The molecule has 0 aliphatic heterocycles. The lowest BCUT2D eigenvalue weighted by atomic mass is 10.1. The van der Waals surface area contributed by atoms with E-state index in [1.807, 2.05) is 45.0 Å². The van der Waals surface area contributed by atoms with Crippen LogP contribution in [-0.4, -0.2) is 41.2 Å². The summed E-state index contributed by atoms with van der Waals surface area (Å²) in [4.78, 5) is 21.2. The van der Waals surface area contributed by atoms with Crippen LogP contribution < -0.4 is 5.73 Å². The Kier molecular flexibility index (Phi) is 4.43. The van der Waals surface area contributed by atoms with E-state index >= 15 is 0 Å². The van der Waals surface area contributed by atoms with E-state index in [1.165, 1.54) is 4.57 Å². The second kappa shape index (κ2) is 7.19. The number of anilines is 1. The minimum absolute atomic E-state index is 0.0988. The lowest BCUT2D eigenvalue weighted by Crippen LogP contribution is -2.26. The Bertz CT molecular complexity index is 1440. The Morgan fingerprint density at radius 1 is 1.16 bits per heavy atom. The zero-order valence-corrected chi connectivity index (χ0v) is 17.8. The molecule has 0 radical (unpaired) electrons. The highest BCUT2D eigenvalue weighted by Gasteiger charge is 2.21. The van der Waals surface area contributed by atoms with Gasteiger partial charge in [0.2, 0.25) is 5.95 Å². The molecule has 1 aromatic carbocycles. The first-order valence-corrected chi connectivity index (χ1v) is 10.0. The number of hydrogen-bond acceptors (Lipinski definition) is 8. The fourth-order valence-electron chi connectivity index (χ4n) is 3.57. The molecule has 10 heteroatoms. The Hall–Kier alpha value is -4.21. The van der Waals surface area contributed by atoms with Gasteiger partial charge in [0.05, 0.1) is 18.3 Å². The molecule has 10 nitrogen and oxygen atoms in total. The van der Waals surface area contributed by atoms with Crippen LogP contribution in [0.2, 0.25) is 0 Å². The van der Waals surface area contributed by atoms with Crippen molar-refractivity contribution in [3.8, 4) is 11.5 Å². The zero-order chi connectivity index (χ0) is 22.5. The minimum atomic E-state index is -0.587. The number of nitrogens with zero attached hydrogens (tertiary/aromatic N) is 6. The summed E-state index contributed by atoms with van der Waals surface area (Å²) in [6.07, 6.45) is 2.83. The van der Waals surface area contributed by atoms with Gasteiger partial charge in [0.15, 0.2) is 16.9 Å². The molecule has 0 fully saturated rings. The number of rotatable bonds is 3. The van der Waals surface area contributed by atoms with Gasteiger partial charge >= 0.3 is 6.09 Å². The summed E-state index contributed by atoms with van der Waals surface area (Å²) >= 11 is 0. The van der Waals surface area contributed by atoms with Gasteiger partial charge in [0.25, 0.3) is 0 Å². The van der Waals surface area contributed by atoms with Crippen LogP contribution in [0.15, 0.2) is 53.3 Å². The number of nitrogen functional groups attached to an aromatic ring is 1. The van der Waals surface area contributed by atoms with Gasteiger partial charge in [-0.05, 0) is 50.6 Å². The molecule has 0 amide bonds. The summed E-state index contributed by atoms with van der Waals surface area (Å²) < 4.78 is 14.1. The third kappa shape index (κ3) is 3.45. The molecule has 0 aliphatic carbocycles. The summed E-state index contributed by atoms with van der Waals surface area (Å²) in [6, 6.07) is 11.1. The minimum Gasteiger partial charge on any atom is -0.463 e. The zero-order valence-electron chi connectivity index (χ0n) is 17.8. The number of benzene rings is 1. The van der Waals surface area contributed by atoms with Gasteiger partial charge in [-0.25, -0.2) is 14.5 Å². The van der Waals surface area contributed by atoms with Gasteiger partial charge in [-0.2, -0.15) is 4.98 Å². The summed E-state index contributed by atoms with van der Waals surface area (Å²) in [5.74, 6) is 0.634. The topological polar surface area (TPSA) is 127 Å². The smallest absolute Gasteiger partial charge is 0.418 e. The molecule has 0 aliphatic rings. The molecule has 32 heavy (non-hydrogen) atoms. The van der Waals surface area contributed by atoms with E-state index in [0.717, 1.165) is 16.5 Å². The standard InChI is InChI=1S/C22H21N7O3/c1-22(2,3)32-21(30)28-10-9-14-13(6-4-7-15(14)28)12-29-19-18(26-27-29)17(24-20(23)25-19)16-8-5-11-31-16/h4-11H,12H2,1-3H3,(H2,23,24,25). The Morgan fingerprint density at radius 3 is 2.75 bits per heavy atom. The number of furan rings is 1. The molecule has 5 rings (SSSR count). The first-order valence-electron chi connectivity index (χ1n) is 10.0. The maximum Gasteiger partial charge on any atom is 0.418 e. The number of carbonyl (C=O) groups excluding carboxylic acids is 1. The molecular weight excluding hydrogens is 410 g/mol. The molecular formula is C22H21N7O3. The number of carbonyl (C=O) groups is 1. The van der Waals surface area contributed by atoms with Gasteiger partial charge < -0.3 is 14.9 Å². The van der Waals surface area contributed by atoms with Crippen molar-refractivity contribution >= 4 is 34.1 Å². The Balaban J connectivity index is 1.55. The van der Waals surface area contributed by atoms with Crippen molar-refractivity contribution in [1.29, 1.82) is 0 Å². The predicted octanol–water partition coefficient (Wildman–Crippen LogP) is 3.85. The van der Waals surface area contributed by atoms with Crippen LogP contribution in [0.4, 0.5) is 10.7 Å². The van der Waals surface area contributed by atoms with Gasteiger partial charge in [0, 0.05) is 11.6 Å². The number of ether oxygens (including phenoxy) is 1. The maximum atomic E-state index is 12.6. The van der Waals surface area contributed by atoms with E-state index in [4.69, 9.17) is 14.9 Å². The fourth-order valence-corrected chi connectivity index (χ4v) is 3.57. The number of aromatic nitrogens is 6. The van der Waals surface area contributed by atoms with E-state index < -0.39 is 11.7 Å². The molecule has 0 unspecified atom stereocenters. The van der Waals surface area contributed by atoms with Crippen molar-refractivity contribution in [2.75, 3.05) is 5.73 Å². The average Bonchev–Trinajstić information content (AvgIpc) is 3.46. The van der Waals surface area contributed by atoms with Crippen molar-refractivity contribution in [1.82, 2.24) is 29.5 Å². The molecule has 0 bridgehead atoms. The Morgan fingerprint density at radius 2 is 2.00 bits per heavy atom. The molecule has 0 saturated heterocycles. The summed E-state index contributed by atoms with van der Waals surface area (Å²) in [7, 11) is 0. The SMILES string of the molecule is CC(C)(C)OC(=O)n1ccc2c(Cn3nnc4c(-c5ccco5)nc(N)nc43)cccc21. The molecule has 0 atom stereocenters. The molecule has 4 heterocycles. The molecule has 2 N–H and O–H groups in total. The van der Waals surface area contributed by atoms with Crippen LogP contribution in [0, 0.1) is 0 Å². The first-order chi connectivity index (χ1) is 15.3. The van der Waals surface area contributed by atoms with Crippen LogP contribution >= 0.6 is 0 Å². The molecule has 0 spiro atoms. The predicted molar refractivity (Wildman–Crippen MR) is 118 cm³/mol. The number of nitrogens with two attached hydrogens (primary N) is 1. The summed E-state index contributed by atoms with van der Waals surface area (Å²) in [5.41, 5.74) is 8.51. The van der Waals surface area contributed by atoms with Gasteiger partial charge in [-0.3, -0.25) is 4.57 Å². The van der Waals surface area contributed by atoms with Crippen molar-refractivity contribution < 1.29 is 13.9 Å². The lowest BCUT2D eigenvalue weighted by Gasteiger charge is -2.19. The van der Waals surface area contributed by atoms with Gasteiger partial charge in [-0.1, -0.05) is 17.3 Å². The molecule has 4 aromatic heterocycles. The van der Waals surface area contributed by atoms with Crippen molar-refractivity contribution in [2.45, 2.75) is 32.9 Å². The van der Waals surface area contributed by atoms with E-state index in [2.05, 4.69) is 20.3 Å². The monoisotopic (exact) mass is 431 g/mol.